The van der Waals surface area contributed by atoms with Crippen molar-refractivity contribution >= 4 is 54.9 Å². The summed E-state index contributed by atoms with van der Waals surface area (Å²) in [6.45, 7) is 0. The molecule has 1 amide bonds. The van der Waals surface area contributed by atoms with E-state index in [9.17, 15) is 19.6 Å². The number of aliphatic imine (C=N–C) groups is 1. The number of phenolic OH excluding ortho intramolecular Hbond substituents is 1. The largest absolute Gasteiger partial charge is 0.507 e. The van der Waals surface area contributed by atoms with Gasteiger partial charge in [0.1, 0.15) is 43.0 Å². The number of hydrogen-bond donors (Lipinski definition) is 3. The molecule has 3 rings (SSSR count). The Labute approximate surface area is 176 Å². The lowest BCUT2D eigenvalue weighted by molar-refractivity contribution is 0.100. The van der Waals surface area contributed by atoms with Gasteiger partial charge in [0, 0.05) is 11.1 Å². The van der Waals surface area contributed by atoms with Gasteiger partial charge in [0.15, 0.2) is 5.96 Å². The van der Waals surface area contributed by atoms with E-state index >= 15 is 0 Å². The number of nitriles is 1. The molecule has 3 N–H and O–H groups in total. The number of phenols is 1. The quantitative estimate of drug-likeness (QED) is 0.515. The van der Waals surface area contributed by atoms with Crippen molar-refractivity contribution in [3.63, 3.8) is 0 Å². The van der Waals surface area contributed by atoms with Crippen LogP contribution < -0.4 is 10.6 Å². The average molecular weight is 406 g/mol. The Kier molecular flexibility index (Phi) is 5.18. The predicted molar refractivity (Wildman–Crippen MR) is 121 cm³/mol. The van der Waals surface area contributed by atoms with Crippen molar-refractivity contribution in [1.29, 1.82) is 5.26 Å². The van der Waals surface area contributed by atoms with Gasteiger partial charge in [-0.2, -0.15) is 10.3 Å². The molecule has 1 saturated heterocycles. The number of guanidine groups is 1. The third-order valence-electron chi connectivity index (χ3n) is 5.38. The minimum absolute atomic E-state index is 0.0304. The number of aromatic hydroxyl groups is 1. The van der Waals surface area contributed by atoms with Crippen molar-refractivity contribution < 1.29 is 14.3 Å². The number of nitrogens with one attached hydrogen (secondary N) is 2. The summed E-state index contributed by atoms with van der Waals surface area (Å²) in [5, 5.41) is 25.2. The molecule has 0 bridgehead atoms. The van der Waals surface area contributed by atoms with Crippen LogP contribution in [0, 0.1) is 17.1 Å². The Morgan fingerprint density at radius 2 is 1.79 bits per heavy atom. The number of benzene rings is 2. The van der Waals surface area contributed by atoms with Crippen LogP contribution in [0.3, 0.4) is 0 Å². The lowest BCUT2D eigenvalue weighted by Crippen LogP contribution is -2.62. The summed E-state index contributed by atoms with van der Waals surface area (Å²) in [7, 11) is 7.83. The molecule has 0 unspecified atom stereocenters. The van der Waals surface area contributed by atoms with Crippen LogP contribution in [0.5, 0.6) is 5.75 Å². The normalized spacial score (nSPS) is 16.4. The highest BCUT2D eigenvalue weighted by Crippen LogP contribution is 2.38. The van der Waals surface area contributed by atoms with E-state index in [1.165, 1.54) is 30.3 Å². The number of carbonyl (C=O) groups is 1. The minimum atomic E-state index is -0.793. The lowest BCUT2D eigenvalue weighted by Gasteiger charge is -2.33. The number of nitrogens with zero attached hydrogens (tertiary/aromatic N) is 2. The van der Waals surface area contributed by atoms with Crippen LogP contribution in [0.2, 0.25) is 5.02 Å². The van der Waals surface area contributed by atoms with Crippen LogP contribution >= 0.6 is 11.6 Å². The van der Waals surface area contributed by atoms with Gasteiger partial charge in [0.2, 0.25) is 0 Å². The first-order chi connectivity index (χ1) is 13.5. The maximum atomic E-state index is 14.0. The van der Waals surface area contributed by atoms with Crippen molar-refractivity contribution in [2.45, 2.75) is 10.7 Å². The van der Waals surface area contributed by atoms with E-state index in [4.69, 9.17) is 11.6 Å². The lowest BCUT2D eigenvalue weighted by atomic mass is 9.39. The van der Waals surface area contributed by atoms with Crippen LogP contribution in [0.1, 0.15) is 15.9 Å². The van der Waals surface area contributed by atoms with Crippen molar-refractivity contribution in [1.82, 2.24) is 10.6 Å². The smallest absolute Gasteiger partial charge is 0.284 e. The van der Waals surface area contributed by atoms with Gasteiger partial charge in [-0.05, 0) is 28.9 Å². The summed E-state index contributed by atoms with van der Waals surface area (Å²) in [5.41, 5.74) is -0.0134. The highest BCUT2D eigenvalue weighted by atomic mass is 35.5. The molecule has 1 heterocycles. The first-order valence-corrected chi connectivity index (χ1v) is 9.26. The number of rotatable bonds is 2. The molecule has 142 valence electrons. The molecule has 0 aliphatic carbocycles. The summed E-state index contributed by atoms with van der Waals surface area (Å²) in [6, 6.07) is 8.58. The van der Waals surface area contributed by atoms with Gasteiger partial charge in [-0.3, -0.25) is 4.79 Å². The molecule has 12 heteroatoms. The van der Waals surface area contributed by atoms with E-state index in [1.807, 2.05) is 37.5 Å². The molecule has 0 atom stereocenters. The van der Waals surface area contributed by atoms with Gasteiger partial charge in [-0.15, -0.1) is 0 Å². The van der Waals surface area contributed by atoms with Gasteiger partial charge in [-0.25, -0.2) is 4.39 Å². The highest BCUT2D eigenvalue weighted by Gasteiger charge is 2.43. The number of amides is 1. The van der Waals surface area contributed by atoms with E-state index in [1.54, 1.807) is 0 Å². The number of carbonyl (C=O) groups excluding carboxylic acids is 1. The van der Waals surface area contributed by atoms with Gasteiger partial charge >= 0.3 is 0 Å². The second kappa shape index (κ2) is 7.20. The monoisotopic (exact) mass is 406 g/mol. The van der Waals surface area contributed by atoms with Crippen molar-refractivity contribution in [2.75, 3.05) is 0 Å². The van der Waals surface area contributed by atoms with Crippen molar-refractivity contribution in [3.8, 4) is 22.9 Å². The molecular formula is C17H16B4ClFN4O2. The van der Waals surface area contributed by atoms with Crippen molar-refractivity contribution in [2.24, 2.45) is 4.99 Å². The maximum absolute atomic E-state index is 14.0. The van der Waals surface area contributed by atoms with E-state index < -0.39 is 22.4 Å². The molecule has 6 nitrogen and oxygen atoms in total. The fourth-order valence-electron chi connectivity index (χ4n) is 3.03. The number of hydrogen-bond acceptors (Lipinski definition) is 3. The zero-order chi connectivity index (χ0) is 21.6. The molecule has 0 radical (unpaired) electrons. The molecule has 29 heavy (non-hydrogen) atoms. The molecule has 0 saturated carbocycles. The van der Waals surface area contributed by atoms with Crippen LogP contribution in [0.15, 0.2) is 35.3 Å². The SMILES string of the molecule is BC1(B)NC(=NC(=O)c2c(O)ccc(C#N)c2-c2cccc(F)c2Cl)NC1(B)B. The Morgan fingerprint density at radius 1 is 1.17 bits per heavy atom. The standard InChI is InChI=1S/C17H16B4ClFN4O2/c18-16(19)17(20,21)27-15(26-16)25-14(29)12-10(28)5-4-7(6-24)11(12)8-2-1-3-9(23)13(8)22/h1-5,28H,18-21H2,(H2,25,26,27,29). The topological polar surface area (TPSA) is 97.5 Å². The van der Waals surface area contributed by atoms with Gasteiger partial charge in [-0.1, -0.05) is 23.7 Å². The fraction of sp³-hybridized carbons (Fsp3) is 0.118. The Morgan fingerprint density at radius 3 is 2.38 bits per heavy atom. The van der Waals surface area contributed by atoms with Gasteiger partial charge < -0.3 is 15.7 Å². The Balaban J connectivity index is 2.18. The summed E-state index contributed by atoms with van der Waals surface area (Å²) < 4.78 is 14.0. The molecule has 1 aliphatic rings. The van der Waals surface area contributed by atoms with Crippen LogP contribution in [-0.4, -0.2) is 59.0 Å². The molecule has 2 aromatic carbocycles. The van der Waals surface area contributed by atoms with Crippen molar-refractivity contribution in [3.05, 3.63) is 52.3 Å². The first kappa shape index (κ1) is 20.9. The van der Waals surface area contributed by atoms with Crippen LogP contribution in [0.25, 0.3) is 11.1 Å². The predicted octanol–water partition coefficient (Wildman–Crippen LogP) is -1.75. The first-order valence-electron chi connectivity index (χ1n) is 8.88. The summed E-state index contributed by atoms with van der Waals surface area (Å²) in [5.74, 6) is -1.64. The zero-order valence-electron chi connectivity index (χ0n) is 16.4. The van der Waals surface area contributed by atoms with E-state index in [-0.39, 0.29) is 39.0 Å². The molecular weight excluding hydrogens is 390 g/mol. The number of halogens is 2. The third-order valence-corrected chi connectivity index (χ3v) is 5.76. The Bertz CT molecular complexity index is 1080. The summed E-state index contributed by atoms with van der Waals surface area (Å²) >= 11 is 6.09. The van der Waals surface area contributed by atoms with E-state index in [0.29, 0.717) is 0 Å². The van der Waals surface area contributed by atoms with Gasteiger partial charge in [0.25, 0.3) is 5.91 Å². The maximum Gasteiger partial charge on any atom is 0.284 e. The molecule has 1 aliphatic heterocycles. The van der Waals surface area contributed by atoms with Crippen LogP contribution in [0.4, 0.5) is 4.39 Å². The second-order valence-electron chi connectivity index (χ2n) is 7.86. The molecule has 2 aromatic rings. The average Bonchev–Trinajstić information content (AvgIpc) is 2.83. The second-order valence-corrected chi connectivity index (χ2v) is 8.24. The van der Waals surface area contributed by atoms with E-state index in [0.717, 1.165) is 0 Å². The van der Waals surface area contributed by atoms with E-state index in [2.05, 4.69) is 15.6 Å². The Hall–Kier alpha value is -2.85. The summed E-state index contributed by atoms with van der Waals surface area (Å²) in [4.78, 5) is 17.1. The highest BCUT2D eigenvalue weighted by molar-refractivity contribution is 6.56. The molecule has 1 fully saturated rings. The van der Waals surface area contributed by atoms with Crippen LogP contribution in [-0.2, 0) is 0 Å². The molecule has 0 aromatic heterocycles. The molecule has 0 spiro atoms. The fourth-order valence-corrected chi connectivity index (χ4v) is 3.25. The van der Waals surface area contributed by atoms with Gasteiger partial charge in [0.05, 0.1) is 22.2 Å². The third kappa shape index (κ3) is 3.60. The summed E-state index contributed by atoms with van der Waals surface area (Å²) in [6.07, 6.45) is 0. The zero-order valence-corrected chi connectivity index (χ0v) is 17.1. The minimum Gasteiger partial charge on any atom is -0.507 e.